The maximum absolute atomic E-state index is 6.57. The fraction of sp³-hybridized carbons (Fsp3) is 0. The van der Waals surface area contributed by atoms with Gasteiger partial charge in [0.1, 0.15) is 4.34 Å². The van der Waals surface area contributed by atoms with Gasteiger partial charge in [-0.3, -0.25) is 0 Å². The maximum Gasteiger partial charge on any atom is 0.102 e. The predicted molar refractivity (Wildman–Crippen MR) is 121 cm³/mol. The van der Waals surface area contributed by atoms with Crippen molar-refractivity contribution in [1.29, 1.82) is 0 Å². The first kappa shape index (κ1) is 17.1. The third kappa shape index (κ3) is 2.70. The zero-order valence-corrected chi connectivity index (χ0v) is 17.8. The van der Waals surface area contributed by atoms with Crippen molar-refractivity contribution in [3.8, 4) is 21.6 Å². The largest absolute Gasteiger partial charge is 0.142 e. The average molecular weight is 452 g/mol. The molecule has 2 aromatic carbocycles. The zero-order valence-electron chi connectivity index (χ0n) is 13.1. The van der Waals surface area contributed by atoms with Crippen molar-refractivity contribution in [3.63, 3.8) is 0 Å². The third-order valence-electron chi connectivity index (χ3n) is 4.31. The van der Waals surface area contributed by atoms with Crippen LogP contribution < -0.4 is 0 Å². The molecule has 0 fully saturated rings. The Morgan fingerprint density at radius 2 is 1.62 bits per heavy atom. The van der Waals surface area contributed by atoms with Gasteiger partial charge in [0.15, 0.2) is 0 Å². The van der Waals surface area contributed by atoms with E-state index in [4.69, 9.17) is 34.8 Å². The average Bonchev–Trinajstić information content (AvgIpc) is 3.31. The van der Waals surface area contributed by atoms with E-state index in [1.807, 2.05) is 11.4 Å². The van der Waals surface area contributed by atoms with E-state index in [1.54, 1.807) is 22.7 Å². The molecule has 0 aliphatic carbocycles. The summed E-state index contributed by atoms with van der Waals surface area (Å²) in [4.78, 5) is 1.20. The second-order valence-corrected chi connectivity index (χ2v) is 10.5. The lowest BCUT2D eigenvalue weighted by Crippen LogP contribution is -1.84. The van der Waals surface area contributed by atoms with Crippen LogP contribution in [0, 0.1) is 0 Å². The maximum atomic E-state index is 6.57. The molecule has 0 radical (unpaired) electrons. The molecule has 0 unspecified atom stereocenters. The molecule has 0 aliphatic rings. The molecule has 3 heterocycles. The molecule has 0 bridgehead atoms. The van der Waals surface area contributed by atoms with Crippen molar-refractivity contribution in [2.45, 2.75) is 0 Å². The minimum Gasteiger partial charge on any atom is -0.142 e. The minimum absolute atomic E-state index is 0.677. The van der Waals surface area contributed by atoms with E-state index >= 15 is 0 Å². The van der Waals surface area contributed by atoms with E-state index in [2.05, 4.69) is 42.5 Å². The second kappa shape index (κ2) is 6.52. The van der Waals surface area contributed by atoms with Crippen LogP contribution in [0.1, 0.15) is 0 Å². The number of rotatable bonds is 2. The highest BCUT2D eigenvalue weighted by atomic mass is 35.5. The molecule has 26 heavy (non-hydrogen) atoms. The van der Waals surface area contributed by atoms with Crippen molar-refractivity contribution in [2.24, 2.45) is 0 Å². The van der Waals surface area contributed by atoms with Crippen LogP contribution in [-0.4, -0.2) is 0 Å². The van der Waals surface area contributed by atoms with Crippen LogP contribution in [-0.2, 0) is 0 Å². The second-order valence-electron chi connectivity index (χ2n) is 5.83. The fourth-order valence-electron chi connectivity index (χ4n) is 3.20. The van der Waals surface area contributed by atoms with Gasteiger partial charge in [-0.2, -0.15) is 0 Å². The molecule has 0 nitrogen and oxygen atoms in total. The van der Waals surface area contributed by atoms with Gasteiger partial charge in [-0.05, 0) is 29.7 Å². The smallest absolute Gasteiger partial charge is 0.102 e. The molecule has 0 aliphatic heterocycles. The molecular weight excluding hydrogens is 443 g/mol. The van der Waals surface area contributed by atoms with E-state index in [0.29, 0.717) is 8.67 Å². The Hall–Kier alpha value is -1.07. The summed E-state index contributed by atoms with van der Waals surface area (Å²) in [5, 5.41) is 5.01. The number of hydrogen-bond acceptors (Lipinski definition) is 3. The van der Waals surface area contributed by atoms with Crippen LogP contribution >= 0.6 is 68.8 Å². The van der Waals surface area contributed by atoms with Crippen molar-refractivity contribution in [3.05, 3.63) is 67.6 Å². The molecule has 0 spiro atoms. The van der Waals surface area contributed by atoms with E-state index in [9.17, 15) is 0 Å². The van der Waals surface area contributed by atoms with E-state index in [-0.39, 0.29) is 0 Å². The summed E-state index contributed by atoms with van der Waals surface area (Å²) in [7, 11) is 0. The minimum atomic E-state index is 0.677. The molecular formula is C20H9Cl3S3. The predicted octanol–water partition coefficient (Wildman–Crippen LogP) is 9.47. The van der Waals surface area contributed by atoms with E-state index < -0.39 is 0 Å². The normalized spacial score (nSPS) is 11.7. The van der Waals surface area contributed by atoms with Gasteiger partial charge in [-0.25, -0.2) is 0 Å². The van der Waals surface area contributed by atoms with Gasteiger partial charge in [0, 0.05) is 41.7 Å². The lowest BCUT2D eigenvalue weighted by molar-refractivity contribution is 1.75. The summed E-state index contributed by atoms with van der Waals surface area (Å²) < 4.78 is 3.77. The Kier molecular flexibility index (Phi) is 4.28. The Bertz CT molecular complexity index is 1240. The van der Waals surface area contributed by atoms with Gasteiger partial charge in [0.05, 0.1) is 9.36 Å². The summed E-state index contributed by atoms with van der Waals surface area (Å²) >= 11 is 24.2. The van der Waals surface area contributed by atoms with Crippen LogP contribution in [0.5, 0.6) is 0 Å². The van der Waals surface area contributed by atoms with Crippen LogP contribution in [0.4, 0.5) is 0 Å². The van der Waals surface area contributed by atoms with E-state index in [1.165, 1.54) is 26.3 Å². The lowest BCUT2D eigenvalue weighted by Gasteiger charge is -2.10. The van der Waals surface area contributed by atoms with Crippen LogP contribution in [0.3, 0.4) is 0 Å². The summed E-state index contributed by atoms with van der Waals surface area (Å²) in [6.07, 6.45) is 0. The Morgan fingerprint density at radius 1 is 0.769 bits per heavy atom. The molecule has 0 atom stereocenters. The van der Waals surface area contributed by atoms with E-state index in [0.717, 1.165) is 31.8 Å². The molecule has 0 saturated carbocycles. The molecule has 128 valence electrons. The Morgan fingerprint density at radius 3 is 2.38 bits per heavy atom. The van der Waals surface area contributed by atoms with Gasteiger partial charge in [-0.15, -0.1) is 34.0 Å². The summed E-state index contributed by atoms with van der Waals surface area (Å²) in [6.45, 7) is 0. The molecule has 0 N–H and O–H groups in total. The summed E-state index contributed by atoms with van der Waals surface area (Å²) in [5.74, 6) is 0. The highest BCUT2D eigenvalue weighted by molar-refractivity contribution is 7.22. The molecule has 5 aromatic rings. The van der Waals surface area contributed by atoms with Crippen molar-refractivity contribution in [2.75, 3.05) is 0 Å². The van der Waals surface area contributed by atoms with Crippen LogP contribution in [0.15, 0.2) is 53.9 Å². The van der Waals surface area contributed by atoms with Crippen molar-refractivity contribution < 1.29 is 0 Å². The number of halogens is 3. The van der Waals surface area contributed by atoms with Gasteiger partial charge in [0.2, 0.25) is 0 Å². The molecule has 0 saturated heterocycles. The van der Waals surface area contributed by atoms with Gasteiger partial charge < -0.3 is 0 Å². The monoisotopic (exact) mass is 450 g/mol. The SMILES string of the molecule is Clc1cc(-c2c(-c3cc4ccccc4s3)ccc3scc(Cl)c23)c(Cl)s1. The topological polar surface area (TPSA) is 0 Å². The van der Waals surface area contributed by atoms with Gasteiger partial charge in [-0.1, -0.05) is 59.1 Å². The lowest BCUT2D eigenvalue weighted by atomic mass is 9.97. The number of fused-ring (bicyclic) bond motifs is 2. The number of hydrogen-bond donors (Lipinski definition) is 0. The fourth-order valence-corrected chi connectivity index (χ4v) is 6.98. The van der Waals surface area contributed by atoms with Crippen LogP contribution in [0.2, 0.25) is 13.7 Å². The summed E-state index contributed by atoms with van der Waals surface area (Å²) in [5.41, 5.74) is 3.14. The van der Waals surface area contributed by atoms with Crippen LogP contribution in [0.25, 0.3) is 41.7 Å². The molecule has 3 aromatic heterocycles. The van der Waals surface area contributed by atoms with Gasteiger partial charge >= 0.3 is 0 Å². The third-order valence-corrected chi connectivity index (χ3v) is 8.32. The van der Waals surface area contributed by atoms with Crippen molar-refractivity contribution >= 4 is 89.0 Å². The molecule has 5 rings (SSSR count). The number of benzene rings is 2. The summed E-state index contributed by atoms with van der Waals surface area (Å²) in [6, 6.07) is 16.9. The first-order valence-electron chi connectivity index (χ1n) is 7.75. The Balaban J connectivity index is 1.89. The standard InChI is InChI=1S/C20H9Cl3S3/c21-13-9-24-15-6-5-11(16-7-10-3-1-2-4-14(10)25-16)18(19(13)15)12-8-17(22)26-20(12)23/h1-9H. The highest BCUT2D eigenvalue weighted by Crippen LogP contribution is 2.49. The quantitative estimate of drug-likeness (QED) is 0.250. The Labute approximate surface area is 177 Å². The highest BCUT2D eigenvalue weighted by Gasteiger charge is 2.20. The molecule has 0 amide bonds. The van der Waals surface area contributed by atoms with Crippen molar-refractivity contribution in [1.82, 2.24) is 0 Å². The zero-order chi connectivity index (χ0) is 17.8. The molecule has 6 heteroatoms. The number of thiophene rings is 3. The van der Waals surface area contributed by atoms with Gasteiger partial charge in [0.25, 0.3) is 0 Å². The first-order valence-corrected chi connectivity index (χ1v) is 11.4. The first-order chi connectivity index (χ1) is 12.6.